The van der Waals surface area contributed by atoms with E-state index in [-0.39, 0.29) is 11.6 Å². The number of pyridine rings is 1. The van der Waals surface area contributed by atoms with E-state index in [4.69, 9.17) is 5.73 Å². The number of rotatable bonds is 3. The van der Waals surface area contributed by atoms with Gasteiger partial charge in [-0.05, 0) is 44.5 Å². The van der Waals surface area contributed by atoms with E-state index >= 15 is 0 Å². The van der Waals surface area contributed by atoms with Crippen molar-refractivity contribution in [2.75, 3.05) is 14.1 Å². The number of hydrogen-bond donors (Lipinski definition) is 1. The highest BCUT2D eigenvalue weighted by Crippen LogP contribution is 2.42. The molecule has 1 aliphatic carbocycles. The van der Waals surface area contributed by atoms with E-state index in [0.29, 0.717) is 0 Å². The summed E-state index contributed by atoms with van der Waals surface area (Å²) in [6.45, 7) is 2.34. The second-order valence-corrected chi connectivity index (χ2v) is 5.96. The molecule has 0 aromatic carbocycles. The molecule has 0 amide bonds. The van der Waals surface area contributed by atoms with Gasteiger partial charge in [-0.2, -0.15) is 0 Å². The number of hydrogen-bond acceptors (Lipinski definition) is 3. The zero-order chi connectivity index (χ0) is 13.2. The highest BCUT2D eigenvalue weighted by Gasteiger charge is 2.42. The minimum atomic E-state index is 0.0453. The summed E-state index contributed by atoms with van der Waals surface area (Å²) in [6, 6.07) is 4.12. The van der Waals surface area contributed by atoms with Gasteiger partial charge in [0, 0.05) is 24.0 Å². The van der Waals surface area contributed by atoms with Crippen LogP contribution in [0.2, 0.25) is 0 Å². The van der Waals surface area contributed by atoms with Gasteiger partial charge in [0.25, 0.3) is 0 Å². The average molecular weight is 247 g/mol. The second kappa shape index (κ2) is 5.37. The molecule has 100 valence electrons. The van der Waals surface area contributed by atoms with Gasteiger partial charge in [0.15, 0.2) is 0 Å². The van der Waals surface area contributed by atoms with Crippen molar-refractivity contribution in [3.63, 3.8) is 0 Å². The first kappa shape index (κ1) is 13.5. The fourth-order valence-electron chi connectivity index (χ4n) is 3.40. The van der Waals surface area contributed by atoms with Crippen LogP contribution in [0.1, 0.15) is 44.2 Å². The number of nitrogens with two attached hydrogens (primary N) is 1. The lowest BCUT2D eigenvalue weighted by atomic mass is 9.70. The van der Waals surface area contributed by atoms with E-state index in [1.807, 2.05) is 18.5 Å². The van der Waals surface area contributed by atoms with E-state index in [1.165, 1.54) is 25.7 Å². The molecule has 0 saturated heterocycles. The summed E-state index contributed by atoms with van der Waals surface area (Å²) >= 11 is 0. The highest BCUT2D eigenvalue weighted by atomic mass is 15.2. The van der Waals surface area contributed by atoms with Crippen molar-refractivity contribution in [3.05, 3.63) is 30.1 Å². The molecule has 2 N–H and O–H groups in total. The first-order valence-corrected chi connectivity index (χ1v) is 6.89. The van der Waals surface area contributed by atoms with Gasteiger partial charge in [0.05, 0.1) is 0 Å². The van der Waals surface area contributed by atoms with Crippen molar-refractivity contribution in [1.82, 2.24) is 9.88 Å². The van der Waals surface area contributed by atoms with Crippen LogP contribution in [-0.4, -0.2) is 29.5 Å². The number of aromatic nitrogens is 1. The maximum absolute atomic E-state index is 6.59. The fourth-order valence-corrected chi connectivity index (χ4v) is 3.40. The Morgan fingerprint density at radius 3 is 2.83 bits per heavy atom. The van der Waals surface area contributed by atoms with Crippen molar-refractivity contribution in [3.8, 4) is 0 Å². The summed E-state index contributed by atoms with van der Waals surface area (Å²) in [5.74, 6) is 0.754. The molecule has 3 heteroatoms. The maximum Gasteiger partial charge on any atom is 0.0497 e. The Hall–Kier alpha value is -0.930. The molecule has 0 spiro atoms. The Morgan fingerprint density at radius 1 is 1.50 bits per heavy atom. The Morgan fingerprint density at radius 2 is 2.28 bits per heavy atom. The summed E-state index contributed by atoms with van der Waals surface area (Å²) in [5.41, 5.74) is 7.82. The minimum Gasteiger partial charge on any atom is -0.322 e. The Balaban J connectivity index is 2.30. The average Bonchev–Trinajstić information content (AvgIpc) is 2.38. The van der Waals surface area contributed by atoms with E-state index in [0.717, 1.165) is 11.5 Å². The lowest BCUT2D eigenvalue weighted by Gasteiger charge is -2.49. The topological polar surface area (TPSA) is 42.1 Å². The molecule has 1 aromatic rings. The standard InChI is InChI=1S/C15H25N3/c1-12-6-4-8-15(10-12,18(2)3)14(16)13-7-5-9-17-11-13/h5,7,9,11-12,14H,4,6,8,10,16H2,1-3H3. The third-order valence-corrected chi connectivity index (χ3v) is 4.52. The predicted molar refractivity (Wildman–Crippen MR) is 75.2 cm³/mol. The first-order valence-electron chi connectivity index (χ1n) is 6.89. The molecule has 18 heavy (non-hydrogen) atoms. The normalized spacial score (nSPS) is 30.4. The smallest absolute Gasteiger partial charge is 0.0497 e. The van der Waals surface area contributed by atoms with Crippen molar-refractivity contribution in [1.29, 1.82) is 0 Å². The van der Waals surface area contributed by atoms with Crippen LogP contribution in [0.3, 0.4) is 0 Å². The molecule has 2 rings (SSSR count). The van der Waals surface area contributed by atoms with Crippen LogP contribution in [0.15, 0.2) is 24.5 Å². The lowest BCUT2D eigenvalue weighted by Crippen LogP contribution is -2.54. The summed E-state index contributed by atoms with van der Waals surface area (Å²) in [5, 5.41) is 0. The van der Waals surface area contributed by atoms with Crippen molar-refractivity contribution >= 4 is 0 Å². The van der Waals surface area contributed by atoms with Crippen molar-refractivity contribution in [2.45, 2.75) is 44.2 Å². The van der Waals surface area contributed by atoms with Crippen LogP contribution < -0.4 is 5.73 Å². The van der Waals surface area contributed by atoms with E-state index < -0.39 is 0 Å². The number of likely N-dealkylation sites (N-methyl/N-ethyl adjacent to an activating group) is 1. The molecular formula is C15H25N3. The number of nitrogens with zero attached hydrogens (tertiary/aromatic N) is 2. The van der Waals surface area contributed by atoms with Gasteiger partial charge in [-0.1, -0.05) is 25.8 Å². The van der Waals surface area contributed by atoms with Crippen LogP contribution in [0.5, 0.6) is 0 Å². The summed E-state index contributed by atoms with van der Waals surface area (Å²) in [4.78, 5) is 6.55. The van der Waals surface area contributed by atoms with Gasteiger partial charge in [-0.25, -0.2) is 0 Å². The molecule has 0 aliphatic heterocycles. The van der Waals surface area contributed by atoms with Gasteiger partial charge >= 0.3 is 0 Å². The van der Waals surface area contributed by atoms with Crippen molar-refractivity contribution in [2.24, 2.45) is 11.7 Å². The predicted octanol–water partition coefficient (Wildman–Crippen LogP) is 2.59. The highest BCUT2D eigenvalue weighted by molar-refractivity contribution is 5.20. The quantitative estimate of drug-likeness (QED) is 0.892. The maximum atomic E-state index is 6.59. The zero-order valence-corrected chi connectivity index (χ0v) is 11.8. The molecule has 0 radical (unpaired) electrons. The molecule has 1 fully saturated rings. The summed E-state index contributed by atoms with van der Waals surface area (Å²) in [7, 11) is 4.32. The lowest BCUT2D eigenvalue weighted by molar-refractivity contribution is 0.0498. The van der Waals surface area contributed by atoms with Crippen LogP contribution in [0.25, 0.3) is 0 Å². The monoisotopic (exact) mass is 247 g/mol. The molecule has 3 nitrogen and oxygen atoms in total. The van der Waals surface area contributed by atoms with Crippen LogP contribution in [0.4, 0.5) is 0 Å². The molecule has 0 bridgehead atoms. The summed E-state index contributed by atoms with van der Waals surface area (Å²) in [6.07, 6.45) is 8.68. The second-order valence-electron chi connectivity index (χ2n) is 5.96. The molecule has 1 saturated carbocycles. The molecule has 1 aromatic heterocycles. The molecular weight excluding hydrogens is 222 g/mol. The Bertz CT molecular complexity index is 377. The van der Waals surface area contributed by atoms with Crippen molar-refractivity contribution < 1.29 is 0 Å². The molecule has 3 atom stereocenters. The SMILES string of the molecule is CC1CCCC(C(N)c2cccnc2)(N(C)C)C1. The van der Waals surface area contributed by atoms with Crippen LogP contribution in [0, 0.1) is 5.92 Å². The van der Waals surface area contributed by atoms with Gasteiger partial charge in [0.2, 0.25) is 0 Å². The van der Waals surface area contributed by atoms with Gasteiger partial charge < -0.3 is 10.6 Å². The molecule has 3 unspecified atom stereocenters. The van der Waals surface area contributed by atoms with Gasteiger partial charge in [-0.3, -0.25) is 4.98 Å². The summed E-state index contributed by atoms with van der Waals surface area (Å²) < 4.78 is 0. The fraction of sp³-hybridized carbons (Fsp3) is 0.667. The largest absolute Gasteiger partial charge is 0.322 e. The van der Waals surface area contributed by atoms with Crippen LogP contribution >= 0.6 is 0 Å². The van der Waals surface area contributed by atoms with Gasteiger partial charge in [0.1, 0.15) is 0 Å². The third-order valence-electron chi connectivity index (χ3n) is 4.52. The molecule has 1 aliphatic rings. The van der Waals surface area contributed by atoms with Crippen LogP contribution in [-0.2, 0) is 0 Å². The van der Waals surface area contributed by atoms with E-state index in [2.05, 4.69) is 37.0 Å². The van der Waals surface area contributed by atoms with E-state index in [1.54, 1.807) is 0 Å². The van der Waals surface area contributed by atoms with E-state index in [9.17, 15) is 0 Å². The zero-order valence-electron chi connectivity index (χ0n) is 11.8. The third kappa shape index (κ3) is 2.43. The Kier molecular flexibility index (Phi) is 4.03. The molecule has 1 heterocycles. The van der Waals surface area contributed by atoms with Gasteiger partial charge in [-0.15, -0.1) is 0 Å². The Labute approximate surface area is 110 Å². The first-order chi connectivity index (χ1) is 8.56. The minimum absolute atomic E-state index is 0.0453.